The van der Waals surface area contributed by atoms with Crippen molar-refractivity contribution < 1.29 is 19.1 Å². The number of ether oxygens (including phenoxy) is 2. The number of esters is 2. The van der Waals surface area contributed by atoms with Crippen LogP contribution in [-0.4, -0.2) is 24.1 Å². The van der Waals surface area contributed by atoms with Crippen LogP contribution in [0.3, 0.4) is 0 Å². The molecule has 2 bridgehead atoms. The third kappa shape index (κ3) is 3.77. The molecule has 0 spiro atoms. The van der Waals surface area contributed by atoms with Gasteiger partial charge in [-0.15, -0.1) is 0 Å². The van der Waals surface area contributed by atoms with Gasteiger partial charge in [0.25, 0.3) is 0 Å². The van der Waals surface area contributed by atoms with E-state index in [2.05, 4.69) is 0 Å². The summed E-state index contributed by atoms with van der Waals surface area (Å²) in [6.45, 7) is 3.83. The smallest absolute Gasteiger partial charge is 0.338 e. The maximum absolute atomic E-state index is 13.0. The zero-order chi connectivity index (χ0) is 21.5. The van der Waals surface area contributed by atoms with Gasteiger partial charge >= 0.3 is 11.9 Å². The zero-order valence-electron chi connectivity index (χ0n) is 18.3. The minimum atomic E-state index is -0.388. The maximum atomic E-state index is 13.0. The second-order valence-electron chi connectivity index (χ2n) is 9.65. The standard InChI is InChI=1S/C27H30O4/c1-16-7-3-5-9-20(16)26(28)30-24-14-22-18-11-12-19(13-18)23(22)15-25(24)31-27(29)21-10-6-4-8-17(21)2/h3-10,18-19,22-25H,11-15H2,1-2H3. The Hall–Kier alpha value is -2.62. The third-order valence-corrected chi connectivity index (χ3v) is 7.95. The Morgan fingerprint density at radius 1 is 0.677 bits per heavy atom. The molecule has 0 aromatic heterocycles. The van der Waals surface area contributed by atoms with Crippen molar-refractivity contribution >= 4 is 11.9 Å². The van der Waals surface area contributed by atoms with Gasteiger partial charge in [0, 0.05) is 0 Å². The molecule has 0 heterocycles. The first-order valence-electron chi connectivity index (χ1n) is 11.5. The average Bonchev–Trinajstić information content (AvgIpc) is 3.37. The molecule has 3 aliphatic rings. The summed E-state index contributed by atoms with van der Waals surface area (Å²) in [5.41, 5.74) is 2.97. The Bertz CT molecular complexity index is 917. The normalized spacial score (nSPS) is 31.2. The molecular formula is C27H30O4. The number of benzene rings is 2. The Labute approximate surface area is 183 Å². The summed E-state index contributed by atoms with van der Waals surface area (Å²) >= 11 is 0. The van der Waals surface area contributed by atoms with Crippen LogP contribution in [0.15, 0.2) is 48.5 Å². The van der Waals surface area contributed by atoms with E-state index in [1.165, 1.54) is 19.3 Å². The van der Waals surface area contributed by atoms with Crippen LogP contribution < -0.4 is 0 Å². The third-order valence-electron chi connectivity index (χ3n) is 7.95. The molecule has 3 aliphatic carbocycles. The monoisotopic (exact) mass is 418 g/mol. The summed E-state index contributed by atoms with van der Waals surface area (Å²) in [6, 6.07) is 15.0. The number of hydrogen-bond donors (Lipinski definition) is 0. The fourth-order valence-corrected chi connectivity index (χ4v) is 6.36. The number of aryl methyl sites for hydroxylation is 2. The lowest BCUT2D eigenvalue weighted by Gasteiger charge is -2.42. The van der Waals surface area contributed by atoms with E-state index >= 15 is 0 Å². The summed E-state index contributed by atoms with van der Waals surface area (Å²) in [5, 5.41) is 0. The first-order chi connectivity index (χ1) is 15.0. The number of carbonyl (C=O) groups is 2. The molecule has 0 aliphatic heterocycles. The fraction of sp³-hybridized carbons (Fsp3) is 0.481. The average molecular weight is 419 g/mol. The van der Waals surface area contributed by atoms with Crippen molar-refractivity contribution in [1.82, 2.24) is 0 Å². The molecule has 6 unspecified atom stereocenters. The van der Waals surface area contributed by atoms with E-state index < -0.39 is 0 Å². The lowest BCUT2D eigenvalue weighted by molar-refractivity contribution is -0.0823. The molecule has 0 amide bonds. The van der Waals surface area contributed by atoms with Crippen molar-refractivity contribution in [3.05, 3.63) is 70.8 Å². The highest BCUT2D eigenvalue weighted by atomic mass is 16.6. The molecule has 0 N–H and O–H groups in total. The lowest BCUT2D eigenvalue weighted by Crippen LogP contribution is -2.45. The number of carbonyl (C=O) groups excluding carboxylic acids is 2. The molecule has 31 heavy (non-hydrogen) atoms. The largest absolute Gasteiger partial charge is 0.455 e. The van der Waals surface area contributed by atoms with E-state index in [1.54, 1.807) is 12.1 Å². The van der Waals surface area contributed by atoms with Crippen molar-refractivity contribution in [2.75, 3.05) is 0 Å². The van der Waals surface area contributed by atoms with Gasteiger partial charge in [-0.2, -0.15) is 0 Å². The van der Waals surface area contributed by atoms with Gasteiger partial charge < -0.3 is 9.47 Å². The van der Waals surface area contributed by atoms with Crippen LogP contribution in [0.25, 0.3) is 0 Å². The highest BCUT2D eigenvalue weighted by Gasteiger charge is 2.53. The van der Waals surface area contributed by atoms with Gasteiger partial charge in [0.15, 0.2) is 0 Å². The molecule has 2 aromatic rings. The van der Waals surface area contributed by atoms with Crippen LogP contribution in [0.5, 0.6) is 0 Å². The number of rotatable bonds is 4. The second-order valence-corrected chi connectivity index (χ2v) is 9.65. The topological polar surface area (TPSA) is 52.6 Å². The summed E-state index contributed by atoms with van der Waals surface area (Å²) in [7, 11) is 0. The first-order valence-corrected chi connectivity index (χ1v) is 11.5. The summed E-state index contributed by atoms with van der Waals surface area (Å²) < 4.78 is 12.1. The molecule has 6 atom stereocenters. The Kier molecular flexibility index (Phi) is 5.33. The van der Waals surface area contributed by atoms with Gasteiger partial charge in [-0.1, -0.05) is 36.4 Å². The molecule has 0 saturated heterocycles. The molecule has 4 heteroatoms. The van der Waals surface area contributed by atoms with Gasteiger partial charge in [0.2, 0.25) is 0 Å². The van der Waals surface area contributed by atoms with Crippen molar-refractivity contribution in [2.45, 2.75) is 58.2 Å². The quantitative estimate of drug-likeness (QED) is 0.614. The molecule has 4 nitrogen and oxygen atoms in total. The van der Waals surface area contributed by atoms with Gasteiger partial charge in [-0.3, -0.25) is 0 Å². The fourth-order valence-electron chi connectivity index (χ4n) is 6.36. The van der Waals surface area contributed by atoms with Crippen molar-refractivity contribution in [3.8, 4) is 0 Å². The van der Waals surface area contributed by atoms with E-state index in [1.807, 2.05) is 50.2 Å². The minimum absolute atomic E-state index is 0.318. The highest BCUT2D eigenvalue weighted by Crippen LogP contribution is 2.58. The van der Waals surface area contributed by atoms with E-state index in [-0.39, 0.29) is 24.1 Å². The Morgan fingerprint density at radius 2 is 1.10 bits per heavy atom. The van der Waals surface area contributed by atoms with E-state index in [0.717, 1.165) is 35.8 Å². The van der Waals surface area contributed by atoms with Gasteiger partial charge in [-0.05, 0) is 92.9 Å². The zero-order valence-corrected chi connectivity index (χ0v) is 18.3. The van der Waals surface area contributed by atoms with Crippen LogP contribution in [0.4, 0.5) is 0 Å². The lowest BCUT2D eigenvalue weighted by atomic mass is 9.69. The number of fused-ring (bicyclic) bond motifs is 5. The van der Waals surface area contributed by atoms with Crippen LogP contribution >= 0.6 is 0 Å². The van der Waals surface area contributed by atoms with E-state index in [9.17, 15) is 9.59 Å². The molecule has 0 radical (unpaired) electrons. The Morgan fingerprint density at radius 3 is 1.52 bits per heavy atom. The van der Waals surface area contributed by atoms with Gasteiger partial charge in [-0.25, -0.2) is 9.59 Å². The highest BCUT2D eigenvalue weighted by molar-refractivity contribution is 5.92. The van der Waals surface area contributed by atoms with Gasteiger partial charge in [0.05, 0.1) is 11.1 Å². The SMILES string of the molecule is Cc1ccccc1C(=O)OC1CC2C3CCC(C3)C2CC1OC(=O)c1ccccc1C. The van der Waals surface area contributed by atoms with Crippen molar-refractivity contribution in [3.63, 3.8) is 0 Å². The van der Waals surface area contributed by atoms with Crippen molar-refractivity contribution in [2.24, 2.45) is 23.7 Å². The Balaban J connectivity index is 1.38. The summed E-state index contributed by atoms with van der Waals surface area (Å²) in [5.74, 6) is 2.01. The molecule has 2 aromatic carbocycles. The maximum Gasteiger partial charge on any atom is 0.338 e. The molecule has 3 saturated carbocycles. The predicted molar refractivity (Wildman–Crippen MR) is 118 cm³/mol. The summed E-state index contributed by atoms with van der Waals surface area (Å²) in [6.07, 6.45) is 4.69. The molecular weight excluding hydrogens is 388 g/mol. The molecule has 3 fully saturated rings. The summed E-state index contributed by atoms with van der Waals surface area (Å²) in [4.78, 5) is 26.0. The van der Waals surface area contributed by atoms with Gasteiger partial charge in [0.1, 0.15) is 12.2 Å². The minimum Gasteiger partial charge on any atom is -0.455 e. The van der Waals surface area contributed by atoms with Crippen LogP contribution in [-0.2, 0) is 9.47 Å². The molecule has 162 valence electrons. The van der Waals surface area contributed by atoms with Crippen LogP contribution in [0.1, 0.15) is 63.9 Å². The molecule has 5 rings (SSSR count). The van der Waals surface area contributed by atoms with Crippen LogP contribution in [0, 0.1) is 37.5 Å². The predicted octanol–water partition coefficient (Wildman–Crippen LogP) is 5.51. The van der Waals surface area contributed by atoms with Crippen molar-refractivity contribution in [1.29, 1.82) is 0 Å². The van der Waals surface area contributed by atoms with Crippen LogP contribution in [0.2, 0.25) is 0 Å². The second kappa shape index (κ2) is 8.14. The number of hydrogen-bond acceptors (Lipinski definition) is 4. The van der Waals surface area contributed by atoms with E-state index in [0.29, 0.717) is 23.0 Å². The van der Waals surface area contributed by atoms with E-state index in [4.69, 9.17) is 9.47 Å². The first kappa shape index (κ1) is 20.3.